The van der Waals surface area contributed by atoms with Crippen molar-refractivity contribution >= 4 is 84.8 Å². The first-order valence-electron chi connectivity index (χ1n) is 1.88. The largest absolute Gasteiger partial charge is 0.359 e. The van der Waals surface area contributed by atoms with Crippen LogP contribution in [-0.2, 0) is 28.6 Å². The maximum Gasteiger partial charge on any atom is 0.294 e. The summed E-state index contributed by atoms with van der Waals surface area (Å²) in [4.78, 5) is 10.6. The molecule has 0 atom stereocenters. The first-order valence-corrected chi connectivity index (χ1v) is 11.7. The highest BCUT2D eigenvalue weighted by atomic mass is 33.9. The smallest absolute Gasteiger partial charge is 0.294 e. The Hall–Kier alpha value is 2.01. The van der Waals surface area contributed by atoms with Gasteiger partial charge in [0.05, 0.1) is 6.18 Å². The van der Waals surface area contributed by atoms with E-state index in [1.165, 1.54) is 29.5 Å². The molecule has 0 spiro atoms. The Morgan fingerprint density at radius 1 is 1.45 bits per heavy atom. The number of nitrogens with two attached hydrogens (primary N) is 1. The average molecular weight is 302 g/mol. The first kappa shape index (κ1) is 13.0. The summed E-state index contributed by atoms with van der Waals surface area (Å²) in [5.74, 6) is 0. The molecule has 0 rings (SSSR count). The van der Waals surface area contributed by atoms with Crippen molar-refractivity contribution in [3.8, 4) is 0 Å². The van der Waals surface area contributed by atoms with E-state index in [4.69, 9.17) is 28.1 Å². The van der Waals surface area contributed by atoms with Crippen LogP contribution in [-0.4, -0.2) is 5.24 Å². The van der Waals surface area contributed by atoms with E-state index in [0.29, 0.717) is 0 Å². The molecule has 0 aliphatic rings. The maximum absolute atomic E-state index is 10.6. The number of carbonyl (C=O) groups excluding carboxylic acids is 1. The van der Waals surface area contributed by atoms with Crippen molar-refractivity contribution < 1.29 is 4.79 Å². The van der Waals surface area contributed by atoms with E-state index in [1.807, 2.05) is 0 Å². The third-order valence-corrected chi connectivity index (χ3v) is 14.6. The van der Waals surface area contributed by atoms with Gasteiger partial charge in [0.15, 0.2) is 0 Å². The van der Waals surface area contributed by atoms with Gasteiger partial charge in [0.25, 0.3) is 5.24 Å². The molecule has 10 heteroatoms. The van der Waals surface area contributed by atoms with Crippen molar-refractivity contribution in [3.63, 3.8) is 0 Å². The van der Waals surface area contributed by atoms with E-state index in [0.717, 1.165) is 9.83 Å². The van der Waals surface area contributed by atoms with Crippen molar-refractivity contribution in [2.75, 3.05) is 0 Å². The molecule has 0 heterocycles. The summed E-state index contributed by atoms with van der Waals surface area (Å²) in [6.07, 6.45) is -2.15. The number of thiol groups is 1. The summed E-state index contributed by atoms with van der Waals surface area (Å²) in [7, 11) is 5.16. The quantitative estimate of drug-likeness (QED) is 0.470. The number of amides is 1. The minimum absolute atomic E-state index is 0.579. The number of primary amides is 1. The molecule has 0 aliphatic heterocycles. The van der Waals surface area contributed by atoms with Gasteiger partial charge in [-0.3, -0.25) is 4.79 Å². The SMILES string of the molecule is NC(=O)S(=S)(=S)SSSSS. The molecular formula is CH3NOS8. The van der Waals surface area contributed by atoms with E-state index in [-0.39, 0.29) is 0 Å². The molecule has 0 aromatic rings. The molecule has 0 radical (unpaired) electrons. The molecule has 0 saturated heterocycles. The van der Waals surface area contributed by atoms with Gasteiger partial charge in [0.1, 0.15) is 0 Å². The summed E-state index contributed by atoms with van der Waals surface area (Å²) in [5, 5.41) is -0.579. The fourth-order valence-corrected chi connectivity index (χ4v) is 13.3. The fraction of sp³-hybridized carbons (Fsp3) is 0. The Morgan fingerprint density at radius 3 is 2.36 bits per heavy atom. The van der Waals surface area contributed by atoms with Gasteiger partial charge >= 0.3 is 0 Å². The molecule has 11 heavy (non-hydrogen) atoms. The molecule has 0 bridgehead atoms. The van der Waals surface area contributed by atoms with Crippen LogP contribution in [0.25, 0.3) is 0 Å². The van der Waals surface area contributed by atoms with Crippen LogP contribution < -0.4 is 5.73 Å². The molecule has 1 amide bonds. The maximum atomic E-state index is 10.6. The molecule has 2 nitrogen and oxygen atoms in total. The molecule has 2 N–H and O–H groups in total. The summed E-state index contributed by atoms with van der Waals surface area (Å²) >= 11 is 13.5. The van der Waals surface area contributed by atoms with Crippen LogP contribution in [0.5, 0.6) is 0 Å². The molecule has 66 valence electrons. The summed E-state index contributed by atoms with van der Waals surface area (Å²) in [6, 6.07) is 0. The van der Waals surface area contributed by atoms with Crippen molar-refractivity contribution in [3.05, 3.63) is 0 Å². The van der Waals surface area contributed by atoms with Gasteiger partial charge in [-0.15, -0.1) is 0 Å². The van der Waals surface area contributed by atoms with Gasteiger partial charge in [0.2, 0.25) is 0 Å². The van der Waals surface area contributed by atoms with E-state index >= 15 is 0 Å². The van der Waals surface area contributed by atoms with Crippen LogP contribution in [0.4, 0.5) is 4.79 Å². The second-order valence-electron chi connectivity index (χ2n) is 1.05. The Labute approximate surface area is 94.2 Å². The van der Waals surface area contributed by atoms with Crippen molar-refractivity contribution in [1.82, 2.24) is 0 Å². The lowest BCUT2D eigenvalue weighted by Crippen LogP contribution is -2.15. The Balaban J connectivity index is 3.85. The predicted octanol–water partition coefficient (Wildman–Crippen LogP) is 2.58. The van der Waals surface area contributed by atoms with Crippen LogP contribution in [0.15, 0.2) is 0 Å². The Morgan fingerprint density at radius 2 is 2.00 bits per heavy atom. The highest BCUT2D eigenvalue weighted by Gasteiger charge is 2.10. The molecule has 0 aromatic carbocycles. The molecular weight excluding hydrogens is 299 g/mol. The Bertz CT molecular complexity index is 216. The van der Waals surface area contributed by atoms with Gasteiger partial charge in [-0.05, 0) is 42.0 Å². The normalized spacial score (nSPS) is 11.4. The van der Waals surface area contributed by atoms with Crippen LogP contribution in [0.3, 0.4) is 0 Å². The highest BCUT2D eigenvalue weighted by Crippen LogP contribution is 2.47. The molecule has 0 saturated carbocycles. The van der Waals surface area contributed by atoms with Gasteiger partial charge in [-0.1, -0.05) is 11.7 Å². The molecule has 0 fully saturated rings. The molecule has 0 aliphatic carbocycles. The first-order chi connectivity index (χ1) is 5.00. The predicted molar refractivity (Wildman–Crippen MR) is 71.0 cm³/mol. The number of hydrogen-bond acceptors (Lipinski definition) is 8. The van der Waals surface area contributed by atoms with Crippen LogP contribution in [0.2, 0.25) is 0 Å². The second-order valence-corrected chi connectivity index (χ2v) is 16.0. The number of carbonyl (C=O) groups is 1. The van der Waals surface area contributed by atoms with Gasteiger partial charge < -0.3 is 5.73 Å². The minimum Gasteiger partial charge on any atom is -0.359 e. The standard InChI is InChI=1S/CH3NOS8/c2-1(3)11(5,6)10-9-8-7-4/h4H,(H2,2,3). The average Bonchev–Trinajstić information content (AvgIpc) is 1.88. The zero-order chi connectivity index (χ0) is 8.91. The van der Waals surface area contributed by atoms with Gasteiger partial charge in [-0.2, -0.15) is 0 Å². The fourth-order valence-electron chi connectivity index (χ4n) is 0.0939. The lowest BCUT2D eigenvalue weighted by atomic mass is 11.5. The summed E-state index contributed by atoms with van der Waals surface area (Å²) in [5.41, 5.74) is 4.97. The minimum atomic E-state index is -2.15. The zero-order valence-electron chi connectivity index (χ0n) is 4.79. The number of rotatable bonds is 4. The number of hydrogen-bond donors (Lipinski definition) is 2. The topological polar surface area (TPSA) is 43.1 Å². The molecule has 0 unspecified atom stereocenters. The summed E-state index contributed by atoms with van der Waals surface area (Å²) < 4.78 is 0. The second kappa shape index (κ2) is 6.46. The van der Waals surface area contributed by atoms with Crippen molar-refractivity contribution in [2.45, 2.75) is 0 Å². The van der Waals surface area contributed by atoms with Crippen LogP contribution >= 0.6 is 51.0 Å². The summed E-state index contributed by atoms with van der Waals surface area (Å²) in [6.45, 7) is 0. The Kier molecular flexibility index (Phi) is 7.64. The van der Waals surface area contributed by atoms with Gasteiger partial charge in [0, 0.05) is 19.7 Å². The lowest BCUT2D eigenvalue weighted by molar-refractivity contribution is 0.267. The highest BCUT2D eigenvalue weighted by molar-refractivity contribution is 9.44. The van der Waals surface area contributed by atoms with Gasteiger partial charge in [-0.25, -0.2) is 0 Å². The van der Waals surface area contributed by atoms with Crippen LogP contribution in [0, 0.1) is 0 Å². The third kappa shape index (κ3) is 6.13. The van der Waals surface area contributed by atoms with E-state index < -0.39 is 11.4 Å². The monoisotopic (exact) mass is 301 g/mol. The van der Waals surface area contributed by atoms with E-state index in [1.54, 1.807) is 0 Å². The third-order valence-electron chi connectivity index (χ3n) is 0.422. The van der Waals surface area contributed by atoms with Crippen LogP contribution in [0.1, 0.15) is 0 Å². The lowest BCUT2D eigenvalue weighted by Gasteiger charge is -2.00. The van der Waals surface area contributed by atoms with E-state index in [9.17, 15) is 4.79 Å². The van der Waals surface area contributed by atoms with E-state index in [2.05, 4.69) is 11.7 Å². The molecule has 0 aromatic heterocycles. The van der Waals surface area contributed by atoms with Crippen molar-refractivity contribution in [2.24, 2.45) is 5.73 Å². The zero-order valence-corrected chi connectivity index (χ0v) is 11.4. The van der Waals surface area contributed by atoms with Crippen molar-refractivity contribution in [1.29, 1.82) is 0 Å².